The Labute approximate surface area is 139 Å². The van der Waals surface area contributed by atoms with E-state index in [-0.39, 0.29) is 0 Å². The maximum atomic E-state index is 5.78. The Morgan fingerprint density at radius 3 is 2.26 bits per heavy atom. The van der Waals surface area contributed by atoms with E-state index in [4.69, 9.17) is 10.5 Å². The average molecular weight is 307 g/mol. The fraction of sp³-hybridized carbons (Fsp3) is 0.333. The van der Waals surface area contributed by atoms with Crippen LogP contribution in [-0.4, -0.2) is 13.2 Å². The second-order valence-electron chi connectivity index (χ2n) is 5.52. The molecule has 0 aliphatic carbocycles. The average Bonchev–Trinajstić information content (AvgIpc) is 2.60. The van der Waals surface area contributed by atoms with Crippen LogP contribution in [-0.2, 0) is 6.42 Å². The normalized spacial score (nSPS) is 9.96. The van der Waals surface area contributed by atoms with Gasteiger partial charge in [0.25, 0.3) is 0 Å². The van der Waals surface area contributed by atoms with E-state index in [1.165, 1.54) is 11.1 Å². The van der Waals surface area contributed by atoms with Crippen molar-refractivity contribution in [2.75, 3.05) is 13.2 Å². The summed E-state index contributed by atoms with van der Waals surface area (Å²) in [5, 5.41) is 0. The summed E-state index contributed by atoms with van der Waals surface area (Å²) in [5.41, 5.74) is 7.96. The third-order valence-electron chi connectivity index (χ3n) is 3.62. The minimum absolute atomic E-state index is 0.462. The van der Waals surface area contributed by atoms with E-state index < -0.39 is 0 Å². The molecule has 2 nitrogen and oxygen atoms in total. The summed E-state index contributed by atoms with van der Waals surface area (Å²) in [5.74, 6) is 6.89. The zero-order valence-corrected chi connectivity index (χ0v) is 13.6. The van der Waals surface area contributed by atoms with E-state index in [9.17, 15) is 0 Å². The number of unbranched alkanes of at least 4 members (excludes halogenated alkanes) is 3. The summed E-state index contributed by atoms with van der Waals surface area (Å²) < 4.78 is 5.78. The van der Waals surface area contributed by atoms with E-state index in [1.54, 1.807) is 0 Å². The molecule has 0 heterocycles. The molecule has 2 aromatic rings. The van der Waals surface area contributed by atoms with Gasteiger partial charge in [-0.1, -0.05) is 48.4 Å². The molecule has 2 rings (SSSR count). The van der Waals surface area contributed by atoms with Crippen molar-refractivity contribution >= 4 is 0 Å². The number of hydrogen-bond donors (Lipinski definition) is 1. The third-order valence-corrected chi connectivity index (χ3v) is 3.62. The third kappa shape index (κ3) is 7.04. The fourth-order valence-electron chi connectivity index (χ4n) is 2.38. The van der Waals surface area contributed by atoms with Crippen LogP contribution in [0.25, 0.3) is 0 Å². The van der Waals surface area contributed by atoms with Crippen LogP contribution in [0, 0.1) is 11.8 Å². The topological polar surface area (TPSA) is 35.2 Å². The summed E-state index contributed by atoms with van der Waals surface area (Å²) in [6.45, 7) is 1.23. The van der Waals surface area contributed by atoms with Crippen LogP contribution >= 0.6 is 0 Å². The lowest BCUT2D eigenvalue weighted by Crippen LogP contribution is -1.97. The maximum absolute atomic E-state index is 5.78. The van der Waals surface area contributed by atoms with Crippen molar-refractivity contribution in [3.63, 3.8) is 0 Å². The highest BCUT2D eigenvalue weighted by molar-refractivity contribution is 5.31. The van der Waals surface area contributed by atoms with E-state index >= 15 is 0 Å². The zero-order valence-electron chi connectivity index (χ0n) is 13.6. The number of rotatable bonds is 8. The van der Waals surface area contributed by atoms with Crippen LogP contribution in [0.15, 0.2) is 54.6 Å². The van der Waals surface area contributed by atoms with Crippen molar-refractivity contribution in [3.8, 4) is 17.6 Å². The number of ether oxygens (including phenoxy) is 1. The lowest BCUT2D eigenvalue weighted by molar-refractivity contribution is 0.305. The Hall–Kier alpha value is -2.24. The molecule has 0 unspecified atom stereocenters. The van der Waals surface area contributed by atoms with Gasteiger partial charge in [-0.3, -0.25) is 0 Å². The zero-order chi connectivity index (χ0) is 16.2. The lowest BCUT2D eigenvalue weighted by Gasteiger charge is -2.07. The molecule has 0 radical (unpaired) electrons. The number of nitrogens with two attached hydrogens (primary N) is 1. The van der Waals surface area contributed by atoms with Gasteiger partial charge in [0.1, 0.15) is 5.75 Å². The molecule has 0 saturated heterocycles. The van der Waals surface area contributed by atoms with Gasteiger partial charge in [0, 0.05) is 6.42 Å². The highest BCUT2D eigenvalue weighted by Crippen LogP contribution is 2.15. The molecular weight excluding hydrogens is 282 g/mol. The molecule has 120 valence electrons. The first-order chi connectivity index (χ1) is 11.4. The van der Waals surface area contributed by atoms with E-state index in [0.717, 1.165) is 44.5 Å². The van der Waals surface area contributed by atoms with Crippen molar-refractivity contribution in [1.29, 1.82) is 0 Å². The summed E-state index contributed by atoms with van der Waals surface area (Å²) in [4.78, 5) is 0. The highest BCUT2D eigenvalue weighted by atomic mass is 16.5. The number of hydrogen-bond acceptors (Lipinski definition) is 2. The first-order valence-corrected chi connectivity index (χ1v) is 8.30. The Bertz CT molecular complexity index is 608. The van der Waals surface area contributed by atoms with Crippen molar-refractivity contribution in [2.45, 2.75) is 32.1 Å². The molecule has 0 aromatic heterocycles. The van der Waals surface area contributed by atoms with Gasteiger partial charge in [-0.25, -0.2) is 0 Å². The van der Waals surface area contributed by atoms with Crippen LogP contribution in [0.3, 0.4) is 0 Å². The molecule has 2 heteroatoms. The Morgan fingerprint density at radius 1 is 0.783 bits per heavy atom. The van der Waals surface area contributed by atoms with E-state index in [0.29, 0.717) is 6.54 Å². The van der Waals surface area contributed by atoms with Gasteiger partial charge in [-0.2, -0.15) is 0 Å². The molecule has 0 saturated carbocycles. The minimum Gasteiger partial charge on any atom is -0.494 e. The first-order valence-electron chi connectivity index (χ1n) is 8.30. The van der Waals surface area contributed by atoms with Crippen molar-refractivity contribution in [3.05, 3.63) is 65.7 Å². The van der Waals surface area contributed by atoms with E-state index in [2.05, 4.69) is 60.4 Å². The van der Waals surface area contributed by atoms with Crippen molar-refractivity contribution in [1.82, 2.24) is 0 Å². The molecule has 0 fully saturated rings. The molecule has 0 aliphatic heterocycles. The largest absolute Gasteiger partial charge is 0.494 e. The molecule has 0 bridgehead atoms. The molecule has 2 N–H and O–H groups in total. The molecule has 0 spiro atoms. The Kier molecular flexibility index (Phi) is 7.80. The van der Waals surface area contributed by atoms with Gasteiger partial charge in [-0.05, 0) is 48.9 Å². The van der Waals surface area contributed by atoms with Gasteiger partial charge < -0.3 is 10.5 Å². The maximum Gasteiger partial charge on any atom is 0.119 e. The molecule has 0 amide bonds. The summed E-state index contributed by atoms with van der Waals surface area (Å²) in [7, 11) is 0. The summed E-state index contributed by atoms with van der Waals surface area (Å²) in [6, 6.07) is 18.9. The predicted octanol–water partition coefficient (Wildman–Crippen LogP) is 4.18. The van der Waals surface area contributed by atoms with Gasteiger partial charge in [0.15, 0.2) is 0 Å². The van der Waals surface area contributed by atoms with E-state index in [1.807, 2.05) is 6.07 Å². The van der Waals surface area contributed by atoms with Crippen LogP contribution in [0.5, 0.6) is 5.75 Å². The monoisotopic (exact) mass is 307 g/mol. The quantitative estimate of drug-likeness (QED) is 0.586. The Balaban J connectivity index is 1.65. The molecule has 23 heavy (non-hydrogen) atoms. The van der Waals surface area contributed by atoms with Gasteiger partial charge in [0.05, 0.1) is 13.2 Å². The molecule has 2 aromatic carbocycles. The van der Waals surface area contributed by atoms with Gasteiger partial charge >= 0.3 is 0 Å². The van der Waals surface area contributed by atoms with Crippen LogP contribution in [0.2, 0.25) is 0 Å². The first kappa shape index (κ1) is 17.1. The number of benzene rings is 2. The molecule has 0 aliphatic rings. The van der Waals surface area contributed by atoms with Crippen LogP contribution in [0.1, 0.15) is 36.8 Å². The molecule has 0 atom stereocenters. The Morgan fingerprint density at radius 2 is 1.52 bits per heavy atom. The minimum atomic E-state index is 0.462. The van der Waals surface area contributed by atoms with Crippen molar-refractivity contribution < 1.29 is 4.74 Å². The molecular formula is C21H25NO. The summed E-state index contributed by atoms with van der Waals surface area (Å²) in [6.07, 6.45) is 5.23. The highest BCUT2D eigenvalue weighted by Gasteiger charge is 1.98. The summed E-state index contributed by atoms with van der Waals surface area (Å²) >= 11 is 0. The van der Waals surface area contributed by atoms with Crippen LogP contribution < -0.4 is 10.5 Å². The predicted molar refractivity (Wildman–Crippen MR) is 96.5 cm³/mol. The fourth-order valence-corrected chi connectivity index (χ4v) is 2.38. The second-order valence-corrected chi connectivity index (χ2v) is 5.52. The smallest absolute Gasteiger partial charge is 0.119 e. The SMILES string of the molecule is NCC#CCCCCCOc1ccc(Cc2ccccc2)cc1. The second kappa shape index (κ2) is 10.5. The van der Waals surface area contributed by atoms with Gasteiger partial charge in [0.2, 0.25) is 0 Å². The van der Waals surface area contributed by atoms with Gasteiger partial charge in [-0.15, -0.1) is 5.92 Å². The van der Waals surface area contributed by atoms with Crippen LogP contribution in [0.4, 0.5) is 0 Å². The lowest BCUT2D eigenvalue weighted by atomic mass is 10.1. The standard InChI is InChI=1S/C21H25NO/c22-16-8-3-1-2-4-9-17-23-21-14-12-20(13-15-21)18-19-10-6-5-7-11-19/h5-7,10-15H,1-2,4,9,16-18,22H2. The van der Waals surface area contributed by atoms with Crippen molar-refractivity contribution in [2.24, 2.45) is 5.73 Å².